The van der Waals surface area contributed by atoms with E-state index in [-0.39, 0.29) is 0 Å². The van der Waals surface area contributed by atoms with Crippen LogP contribution in [0.2, 0.25) is 0 Å². The summed E-state index contributed by atoms with van der Waals surface area (Å²) in [5.74, 6) is 0. The third kappa shape index (κ3) is 1.73. The van der Waals surface area contributed by atoms with E-state index < -0.39 is 0 Å². The highest BCUT2D eigenvalue weighted by Gasteiger charge is 2.61. The van der Waals surface area contributed by atoms with Crippen molar-refractivity contribution in [3.63, 3.8) is 0 Å². The molecule has 1 nitrogen and oxygen atoms in total. The molecule has 0 heterocycles. The van der Waals surface area contributed by atoms with Gasteiger partial charge in [0.05, 0.1) is 0 Å². The average molecular weight is 219 g/mol. The smallest absolute Gasteiger partial charge is 0.00472 e. The van der Waals surface area contributed by atoms with Gasteiger partial charge in [0, 0.05) is 12.0 Å². The Hall–Kier alpha value is -0.300. The highest BCUT2D eigenvalue weighted by atomic mass is 14.9. The molecule has 0 aromatic rings. The lowest BCUT2D eigenvalue weighted by molar-refractivity contribution is 0.0682. The predicted molar refractivity (Wildman–Crippen MR) is 68.4 cm³/mol. The maximum Gasteiger partial charge on any atom is 0.00472 e. The van der Waals surface area contributed by atoms with Crippen LogP contribution in [0.15, 0.2) is 11.6 Å². The van der Waals surface area contributed by atoms with Gasteiger partial charge in [-0.2, -0.15) is 0 Å². The predicted octanol–water partition coefficient (Wildman–Crippen LogP) is 3.66. The molecule has 0 aliphatic heterocycles. The molecule has 90 valence electrons. The minimum atomic E-state index is 0.590. The fourth-order valence-corrected chi connectivity index (χ4v) is 4.06. The molecule has 2 saturated carbocycles. The summed E-state index contributed by atoms with van der Waals surface area (Å²) < 4.78 is 0. The average Bonchev–Trinajstić information content (AvgIpc) is 3.06. The lowest BCUT2D eigenvalue weighted by Crippen LogP contribution is -2.47. The van der Waals surface area contributed by atoms with Crippen LogP contribution in [-0.4, -0.2) is 13.1 Å². The molecule has 0 amide bonds. The SMILES string of the molecule is CCNCC1(C2=CCCCC2)CC2(CC2)C1. The first-order chi connectivity index (χ1) is 7.79. The van der Waals surface area contributed by atoms with Crippen LogP contribution in [0.3, 0.4) is 0 Å². The zero-order valence-electron chi connectivity index (χ0n) is 10.6. The molecule has 0 bridgehead atoms. The van der Waals surface area contributed by atoms with Gasteiger partial charge in [0.15, 0.2) is 0 Å². The van der Waals surface area contributed by atoms with Crippen molar-refractivity contribution < 1.29 is 0 Å². The van der Waals surface area contributed by atoms with Crippen molar-refractivity contribution in [3.05, 3.63) is 11.6 Å². The van der Waals surface area contributed by atoms with Crippen molar-refractivity contribution >= 4 is 0 Å². The van der Waals surface area contributed by atoms with Crippen molar-refractivity contribution in [2.75, 3.05) is 13.1 Å². The summed E-state index contributed by atoms with van der Waals surface area (Å²) >= 11 is 0. The Morgan fingerprint density at radius 1 is 1.25 bits per heavy atom. The largest absolute Gasteiger partial charge is 0.316 e. The Labute approximate surface area is 99.7 Å². The molecule has 0 atom stereocenters. The van der Waals surface area contributed by atoms with Crippen molar-refractivity contribution in [1.29, 1.82) is 0 Å². The lowest BCUT2D eigenvalue weighted by Gasteiger charge is -2.51. The fourth-order valence-electron chi connectivity index (χ4n) is 4.06. The van der Waals surface area contributed by atoms with Gasteiger partial charge in [-0.25, -0.2) is 0 Å². The van der Waals surface area contributed by atoms with Crippen LogP contribution in [0.5, 0.6) is 0 Å². The lowest BCUT2D eigenvalue weighted by atomic mass is 9.54. The highest BCUT2D eigenvalue weighted by molar-refractivity contribution is 5.27. The van der Waals surface area contributed by atoms with E-state index in [0.29, 0.717) is 5.41 Å². The van der Waals surface area contributed by atoms with Gasteiger partial charge in [0.1, 0.15) is 0 Å². The van der Waals surface area contributed by atoms with Crippen LogP contribution < -0.4 is 5.32 Å². The molecule has 1 N–H and O–H groups in total. The molecule has 16 heavy (non-hydrogen) atoms. The van der Waals surface area contributed by atoms with E-state index >= 15 is 0 Å². The first-order valence-electron chi connectivity index (χ1n) is 7.19. The Bertz CT molecular complexity index is 291. The van der Waals surface area contributed by atoms with Crippen molar-refractivity contribution in [2.45, 2.75) is 58.3 Å². The van der Waals surface area contributed by atoms with Gasteiger partial charge in [0.2, 0.25) is 0 Å². The number of allylic oxidation sites excluding steroid dienone is 1. The topological polar surface area (TPSA) is 12.0 Å². The second-order valence-electron chi connectivity index (χ2n) is 6.39. The third-order valence-electron chi connectivity index (χ3n) is 5.07. The van der Waals surface area contributed by atoms with Crippen LogP contribution in [0, 0.1) is 10.8 Å². The molecular formula is C15H25N. The molecule has 3 rings (SSSR count). The molecule has 0 unspecified atom stereocenters. The minimum absolute atomic E-state index is 0.590. The molecule has 3 aliphatic rings. The fraction of sp³-hybridized carbons (Fsp3) is 0.867. The van der Waals surface area contributed by atoms with Crippen LogP contribution in [-0.2, 0) is 0 Å². The first-order valence-corrected chi connectivity index (χ1v) is 7.19. The summed E-state index contributed by atoms with van der Waals surface area (Å²) in [6.45, 7) is 4.60. The van der Waals surface area contributed by atoms with Crippen molar-refractivity contribution in [3.8, 4) is 0 Å². The zero-order valence-corrected chi connectivity index (χ0v) is 10.6. The van der Waals surface area contributed by atoms with E-state index in [9.17, 15) is 0 Å². The Balaban J connectivity index is 1.71. The maximum absolute atomic E-state index is 3.61. The van der Waals surface area contributed by atoms with Gasteiger partial charge in [-0.3, -0.25) is 0 Å². The zero-order chi connectivity index (χ0) is 11.1. The highest BCUT2D eigenvalue weighted by Crippen LogP contribution is 2.71. The van der Waals surface area contributed by atoms with E-state index in [0.717, 1.165) is 12.0 Å². The number of rotatable bonds is 4. The molecule has 1 heteroatoms. The van der Waals surface area contributed by atoms with Crippen LogP contribution in [0.1, 0.15) is 58.3 Å². The Kier molecular flexibility index (Phi) is 2.62. The Morgan fingerprint density at radius 3 is 2.62 bits per heavy atom. The van der Waals surface area contributed by atoms with Crippen LogP contribution in [0.4, 0.5) is 0 Å². The first kappa shape index (κ1) is 10.8. The second-order valence-corrected chi connectivity index (χ2v) is 6.39. The number of hydrogen-bond acceptors (Lipinski definition) is 1. The van der Waals surface area contributed by atoms with E-state index in [1.54, 1.807) is 0 Å². The standard InChI is InChI=1S/C15H25N/c1-2-16-12-15(10-14(11-15)8-9-14)13-6-4-3-5-7-13/h6,16H,2-5,7-12H2,1H3. The number of nitrogens with one attached hydrogen (secondary N) is 1. The van der Waals surface area contributed by atoms with E-state index in [2.05, 4.69) is 18.3 Å². The normalized spacial score (nSPS) is 29.7. The van der Waals surface area contributed by atoms with Gasteiger partial charge >= 0.3 is 0 Å². The van der Waals surface area contributed by atoms with Gasteiger partial charge in [-0.15, -0.1) is 0 Å². The van der Waals surface area contributed by atoms with E-state index in [4.69, 9.17) is 0 Å². The molecule has 0 radical (unpaired) electrons. The second kappa shape index (κ2) is 3.87. The number of hydrogen-bond donors (Lipinski definition) is 1. The third-order valence-corrected chi connectivity index (χ3v) is 5.07. The maximum atomic E-state index is 3.61. The quantitative estimate of drug-likeness (QED) is 0.712. The van der Waals surface area contributed by atoms with E-state index in [1.807, 2.05) is 5.57 Å². The summed E-state index contributed by atoms with van der Waals surface area (Å²) in [7, 11) is 0. The summed E-state index contributed by atoms with van der Waals surface area (Å²) in [6.07, 6.45) is 14.2. The molecule has 2 fully saturated rings. The van der Waals surface area contributed by atoms with Gasteiger partial charge in [0.25, 0.3) is 0 Å². The van der Waals surface area contributed by atoms with Crippen molar-refractivity contribution in [1.82, 2.24) is 5.32 Å². The summed E-state index contributed by atoms with van der Waals surface area (Å²) in [6, 6.07) is 0. The molecule has 0 aromatic heterocycles. The van der Waals surface area contributed by atoms with Crippen LogP contribution in [0.25, 0.3) is 0 Å². The van der Waals surface area contributed by atoms with Gasteiger partial charge in [-0.1, -0.05) is 18.6 Å². The molecule has 1 spiro atoms. The summed E-state index contributed by atoms with van der Waals surface area (Å²) in [5.41, 5.74) is 3.23. The van der Waals surface area contributed by atoms with Gasteiger partial charge in [-0.05, 0) is 63.3 Å². The summed E-state index contributed by atoms with van der Waals surface area (Å²) in [5, 5.41) is 3.61. The minimum Gasteiger partial charge on any atom is -0.316 e. The molecule has 0 saturated heterocycles. The van der Waals surface area contributed by atoms with Crippen LogP contribution >= 0.6 is 0 Å². The monoisotopic (exact) mass is 219 g/mol. The van der Waals surface area contributed by atoms with Crippen molar-refractivity contribution in [2.24, 2.45) is 10.8 Å². The summed E-state index contributed by atoms with van der Waals surface area (Å²) in [4.78, 5) is 0. The van der Waals surface area contributed by atoms with E-state index in [1.165, 1.54) is 57.9 Å². The van der Waals surface area contributed by atoms with Gasteiger partial charge < -0.3 is 5.32 Å². The molecule has 3 aliphatic carbocycles. The molecule has 0 aromatic carbocycles. The molecular weight excluding hydrogens is 194 g/mol. The Morgan fingerprint density at radius 2 is 2.06 bits per heavy atom.